The third-order valence-electron chi connectivity index (χ3n) is 10.7. The van der Waals surface area contributed by atoms with Crippen molar-refractivity contribution in [1.29, 1.82) is 0 Å². The van der Waals surface area contributed by atoms with Gasteiger partial charge in [-0.15, -0.1) is 0 Å². The topological polar surface area (TPSA) is 150 Å². The second-order valence-electron chi connectivity index (χ2n) is 15.5. The van der Waals surface area contributed by atoms with Crippen molar-refractivity contribution in [2.75, 3.05) is 66.6 Å². The molecule has 3 heterocycles. The summed E-state index contributed by atoms with van der Waals surface area (Å²) in [6.45, 7) is 6.33. The Morgan fingerprint density at radius 1 is 0.926 bits per heavy atom. The highest BCUT2D eigenvalue weighted by molar-refractivity contribution is 5.93. The number of ether oxygens (including phenoxy) is 2. The SMILES string of the molecule is COCCN1CC(=O)N[C@@H](Cc2ccccc2)C(=O)N[C@@H]2CN(C(=O)CCC3CCN(C)CC3)C[C@H]2c2cccc(c2)OCC(=O)N[C@H](CC(C)C)C1=O. The largest absolute Gasteiger partial charge is 0.484 e. The number of nitrogens with zero attached hydrogens (tertiary/aromatic N) is 3. The maximum absolute atomic E-state index is 14.3. The van der Waals surface area contributed by atoms with E-state index in [1.165, 1.54) is 12.0 Å². The molecule has 3 aliphatic rings. The number of amides is 5. The number of rotatable bonds is 10. The predicted molar refractivity (Wildman–Crippen MR) is 205 cm³/mol. The van der Waals surface area contributed by atoms with Crippen LogP contribution in [0.4, 0.5) is 0 Å². The van der Waals surface area contributed by atoms with Crippen molar-refractivity contribution in [3.63, 3.8) is 0 Å². The molecular weight excluding hydrogens is 688 g/mol. The highest BCUT2D eigenvalue weighted by Crippen LogP contribution is 2.31. The van der Waals surface area contributed by atoms with E-state index in [1.54, 1.807) is 6.07 Å². The quantitative estimate of drug-likeness (QED) is 0.336. The summed E-state index contributed by atoms with van der Waals surface area (Å²) in [6, 6.07) is 14.5. The molecule has 0 spiro atoms. The van der Waals surface area contributed by atoms with Gasteiger partial charge in [0.25, 0.3) is 5.91 Å². The van der Waals surface area contributed by atoms with Crippen LogP contribution < -0.4 is 20.7 Å². The Morgan fingerprint density at radius 3 is 2.39 bits per heavy atom. The fourth-order valence-corrected chi connectivity index (χ4v) is 7.69. The third-order valence-corrected chi connectivity index (χ3v) is 10.7. The second-order valence-corrected chi connectivity index (χ2v) is 15.5. The first-order valence-corrected chi connectivity index (χ1v) is 19.4. The molecule has 2 aromatic rings. The Hall–Kier alpha value is -4.49. The van der Waals surface area contributed by atoms with E-state index in [-0.39, 0.29) is 56.4 Å². The molecule has 0 aromatic heterocycles. The molecule has 5 rings (SSSR count). The number of hydrogen-bond donors (Lipinski definition) is 3. The zero-order chi connectivity index (χ0) is 38.6. The van der Waals surface area contributed by atoms with Crippen LogP contribution in [0.25, 0.3) is 0 Å². The molecule has 3 N–H and O–H groups in total. The van der Waals surface area contributed by atoms with Gasteiger partial charge >= 0.3 is 0 Å². The number of benzene rings is 2. The second kappa shape index (κ2) is 19.7. The molecule has 2 bridgehead atoms. The molecule has 0 aliphatic carbocycles. The van der Waals surface area contributed by atoms with Gasteiger partial charge in [0.2, 0.25) is 23.6 Å². The van der Waals surface area contributed by atoms with Crippen molar-refractivity contribution in [1.82, 2.24) is 30.7 Å². The Balaban J connectivity index is 1.44. The van der Waals surface area contributed by atoms with Gasteiger partial charge in [-0.1, -0.05) is 56.3 Å². The van der Waals surface area contributed by atoms with Gasteiger partial charge in [0.05, 0.1) is 19.2 Å². The molecule has 0 saturated carbocycles. The van der Waals surface area contributed by atoms with Gasteiger partial charge in [-0.3, -0.25) is 24.0 Å². The van der Waals surface area contributed by atoms with Gasteiger partial charge in [-0.05, 0) is 80.9 Å². The first kappa shape index (κ1) is 40.7. The van der Waals surface area contributed by atoms with E-state index in [0.717, 1.165) is 43.5 Å². The number of likely N-dealkylation sites (tertiary alicyclic amines) is 2. The van der Waals surface area contributed by atoms with Gasteiger partial charge in [0, 0.05) is 45.5 Å². The van der Waals surface area contributed by atoms with Crippen molar-refractivity contribution in [2.45, 2.75) is 76.4 Å². The molecule has 13 heteroatoms. The smallest absolute Gasteiger partial charge is 0.258 e. The Morgan fingerprint density at radius 2 is 1.67 bits per heavy atom. The lowest BCUT2D eigenvalue weighted by Crippen LogP contribution is -2.56. The molecule has 54 heavy (non-hydrogen) atoms. The lowest BCUT2D eigenvalue weighted by atomic mass is 9.92. The van der Waals surface area contributed by atoms with Crippen molar-refractivity contribution in [3.05, 3.63) is 65.7 Å². The van der Waals surface area contributed by atoms with Crippen LogP contribution >= 0.6 is 0 Å². The number of nitrogens with one attached hydrogen (secondary N) is 3. The highest BCUT2D eigenvalue weighted by atomic mass is 16.5. The van der Waals surface area contributed by atoms with Crippen molar-refractivity contribution in [2.24, 2.45) is 11.8 Å². The minimum atomic E-state index is -0.964. The molecular formula is C41H58N6O7. The van der Waals surface area contributed by atoms with Crippen LogP contribution in [0.15, 0.2) is 54.6 Å². The molecule has 13 nitrogen and oxygen atoms in total. The van der Waals surface area contributed by atoms with Crippen LogP contribution in [0.2, 0.25) is 0 Å². The lowest BCUT2D eigenvalue weighted by Gasteiger charge is -2.29. The van der Waals surface area contributed by atoms with Gasteiger partial charge in [0.1, 0.15) is 17.8 Å². The van der Waals surface area contributed by atoms with E-state index in [9.17, 15) is 24.0 Å². The average molecular weight is 747 g/mol. The number of methoxy groups -OCH3 is 1. The van der Waals surface area contributed by atoms with Crippen molar-refractivity contribution >= 4 is 29.5 Å². The molecule has 294 valence electrons. The van der Waals surface area contributed by atoms with Gasteiger partial charge in [-0.2, -0.15) is 0 Å². The summed E-state index contributed by atoms with van der Waals surface area (Å²) in [4.78, 5) is 74.4. The summed E-state index contributed by atoms with van der Waals surface area (Å²) >= 11 is 0. The summed E-state index contributed by atoms with van der Waals surface area (Å²) in [7, 11) is 3.64. The van der Waals surface area contributed by atoms with E-state index in [1.807, 2.05) is 67.3 Å². The fourth-order valence-electron chi connectivity index (χ4n) is 7.69. The number of carbonyl (C=O) groups is 5. The van der Waals surface area contributed by atoms with E-state index in [0.29, 0.717) is 37.6 Å². The molecule has 2 fully saturated rings. The maximum Gasteiger partial charge on any atom is 0.258 e. The molecule has 4 atom stereocenters. The normalized spacial score (nSPS) is 23.9. The molecule has 3 aliphatic heterocycles. The monoisotopic (exact) mass is 746 g/mol. The van der Waals surface area contributed by atoms with Gasteiger partial charge < -0.3 is 40.1 Å². The maximum atomic E-state index is 14.3. The molecule has 0 unspecified atom stereocenters. The number of fused-ring (bicyclic) bond motifs is 4. The standard InChI is InChI=1S/C41H58N6O7/c1-28(2)21-35-41(52)46(19-20-53-4)26-37(48)42-34(22-30-9-6-5-7-10-30)40(51)44-36-25-47(39(50)14-13-29-15-17-45(3)18-16-29)24-33(36)31-11-8-12-32(23-31)54-27-38(49)43-35/h5-12,23,28-29,33-36H,13-22,24-27H2,1-4H3,(H,42,48)(H,43,49)(H,44,51)/t33-,34-,35+,36+/m0/s1. The van der Waals surface area contributed by atoms with Crippen LogP contribution in [0.5, 0.6) is 5.75 Å². The zero-order valence-corrected chi connectivity index (χ0v) is 32.3. The van der Waals surface area contributed by atoms with Gasteiger partial charge in [-0.25, -0.2) is 0 Å². The van der Waals surface area contributed by atoms with E-state index >= 15 is 0 Å². The molecule has 5 amide bonds. The lowest BCUT2D eigenvalue weighted by molar-refractivity contribution is -0.141. The summed E-state index contributed by atoms with van der Waals surface area (Å²) in [5.41, 5.74) is 1.71. The summed E-state index contributed by atoms with van der Waals surface area (Å²) in [5, 5.41) is 8.96. The average Bonchev–Trinajstić information content (AvgIpc) is 3.58. The summed E-state index contributed by atoms with van der Waals surface area (Å²) in [6.07, 6.45) is 4.02. The number of carbonyl (C=O) groups excluding carboxylic acids is 5. The fraction of sp³-hybridized carbons (Fsp3) is 0.585. The van der Waals surface area contributed by atoms with Crippen LogP contribution in [-0.4, -0.2) is 129 Å². The van der Waals surface area contributed by atoms with Gasteiger partial charge in [0.15, 0.2) is 6.61 Å². The highest BCUT2D eigenvalue weighted by Gasteiger charge is 2.39. The van der Waals surface area contributed by atoms with E-state index in [4.69, 9.17) is 9.47 Å². The van der Waals surface area contributed by atoms with E-state index in [2.05, 4.69) is 27.9 Å². The van der Waals surface area contributed by atoms with Crippen molar-refractivity contribution < 1.29 is 33.4 Å². The summed E-state index contributed by atoms with van der Waals surface area (Å²) in [5.74, 6) is -0.947. The van der Waals surface area contributed by atoms with Crippen LogP contribution in [0.3, 0.4) is 0 Å². The molecule has 0 radical (unpaired) electrons. The Bertz CT molecular complexity index is 1580. The van der Waals surface area contributed by atoms with Crippen molar-refractivity contribution in [3.8, 4) is 5.75 Å². The van der Waals surface area contributed by atoms with Crippen LogP contribution in [0.1, 0.15) is 63.0 Å². The molecule has 2 saturated heterocycles. The first-order chi connectivity index (χ1) is 26.0. The minimum absolute atomic E-state index is 0.0593. The first-order valence-electron chi connectivity index (χ1n) is 19.4. The Labute approximate surface area is 319 Å². The number of hydrogen-bond acceptors (Lipinski definition) is 8. The summed E-state index contributed by atoms with van der Waals surface area (Å²) < 4.78 is 11.2. The minimum Gasteiger partial charge on any atom is -0.484 e. The zero-order valence-electron chi connectivity index (χ0n) is 32.3. The van der Waals surface area contributed by atoms with Crippen LogP contribution in [-0.2, 0) is 35.1 Å². The van der Waals surface area contributed by atoms with Crippen LogP contribution in [0, 0.1) is 11.8 Å². The Kier molecular flexibility index (Phi) is 14.9. The third kappa shape index (κ3) is 11.8. The predicted octanol–water partition coefficient (Wildman–Crippen LogP) is 2.35. The number of piperidine rings is 1. The van der Waals surface area contributed by atoms with E-state index < -0.39 is 35.8 Å². The molecule has 2 aromatic carbocycles.